The van der Waals surface area contributed by atoms with E-state index in [9.17, 15) is 9.59 Å². The molecular formula is C15H20N2O3. The first kappa shape index (κ1) is 14.5. The number of hydrogen-bond donors (Lipinski definition) is 2. The second-order valence-corrected chi connectivity index (χ2v) is 4.86. The Labute approximate surface area is 118 Å². The molecule has 1 aromatic rings. The summed E-state index contributed by atoms with van der Waals surface area (Å²) < 4.78 is 4.83. The molecule has 0 heterocycles. The number of nitrogens with one attached hydrogen (secondary N) is 2. The summed E-state index contributed by atoms with van der Waals surface area (Å²) in [5.74, 6) is -0.418. The number of ether oxygens (including phenoxy) is 1. The molecule has 1 aliphatic rings. The van der Waals surface area contributed by atoms with Gasteiger partial charge in [-0.3, -0.25) is 9.59 Å². The number of aryl methyl sites for hydroxylation is 2. The largest absolute Gasteiger partial charge is 0.383 e. The molecule has 1 aliphatic carbocycles. The van der Waals surface area contributed by atoms with Crippen molar-refractivity contribution in [3.8, 4) is 0 Å². The third kappa shape index (κ3) is 3.81. The minimum absolute atomic E-state index is 0.0143. The Morgan fingerprint density at radius 1 is 1.20 bits per heavy atom. The van der Waals surface area contributed by atoms with Crippen molar-refractivity contribution >= 4 is 11.8 Å². The molecule has 0 saturated carbocycles. The van der Waals surface area contributed by atoms with Gasteiger partial charge in [-0.15, -0.1) is 0 Å². The van der Waals surface area contributed by atoms with E-state index in [1.807, 2.05) is 18.2 Å². The van der Waals surface area contributed by atoms with Gasteiger partial charge >= 0.3 is 0 Å². The standard InChI is InChI=1S/C15H20N2O3/c1-20-8-7-16-14(18)10-17-15(19)13-6-5-11-3-2-4-12(11)9-13/h5-6,9H,2-4,7-8,10H2,1H3,(H,16,18)(H,17,19). The molecule has 0 aliphatic heterocycles. The zero-order valence-corrected chi connectivity index (χ0v) is 11.7. The number of carbonyl (C=O) groups excluding carboxylic acids is 2. The second kappa shape index (κ2) is 7.05. The van der Waals surface area contributed by atoms with Crippen LogP contribution in [0.15, 0.2) is 18.2 Å². The molecule has 2 rings (SSSR count). The van der Waals surface area contributed by atoms with Gasteiger partial charge in [0.15, 0.2) is 0 Å². The SMILES string of the molecule is COCCNC(=O)CNC(=O)c1ccc2c(c1)CCC2. The Balaban J connectivity index is 1.81. The molecule has 0 unspecified atom stereocenters. The van der Waals surface area contributed by atoms with E-state index in [4.69, 9.17) is 4.74 Å². The van der Waals surface area contributed by atoms with Gasteiger partial charge in [-0.2, -0.15) is 0 Å². The summed E-state index contributed by atoms with van der Waals surface area (Å²) >= 11 is 0. The van der Waals surface area contributed by atoms with E-state index in [1.165, 1.54) is 11.1 Å². The molecule has 0 radical (unpaired) electrons. The van der Waals surface area contributed by atoms with Crippen molar-refractivity contribution in [3.63, 3.8) is 0 Å². The predicted octanol–water partition coefficient (Wildman–Crippen LogP) is 0.668. The lowest BCUT2D eigenvalue weighted by Crippen LogP contribution is -2.38. The molecule has 2 amide bonds. The fraction of sp³-hybridized carbons (Fsp3) is 0.467. The van der Waals surface area contributed by atoms with Crippen LogP contribution >= 0.6 is 0 Å². The number of methoxy groups -OCH3 is 1. The smallest absolute Gasteiger partial charge is 0.251 e. The van der Waals surface area contributed by atoms with Gasteiger partial charge in [-0.1, -0.05) is 6.07 Å². The Kier molecular flexibility index (Phi) is 5.12. The zero-order valence-electron chi connectivity index (χ0n) is 11.7. The lowest BCUT2D eigenvalue weighted by molar-refractivity contribution is -0.120. The average Bonchev–Trinajstić information content (AvgIpc) is 2.92. The third-order valence-electron chi connectivity index (χ3n) is 3.40. The maximum atomic E-state index is 12.0. The number of carbonyl (C=O) groups is 2. The van der Waals surface area contributed by atoms with Crippen LogP contribution in [0.2, 0.25) is 0 Å². The van der Waals surface area contributed by atoms with Crippen molar-refractivity contribution in [1.82, 2.24) is 10.6 Å². The van der Waals surface area contributed by atoms with Crippen LogP contribution in [-0.2, 0) is 22.4 Å². The van der Waals surface area contributed by atoms with E-state index in [2.05, 4.69) is 10.6 Å². The molecule has 0 atom stereocenters. The molecule has 5 nitrogen and oxygen atoms in total. The normalized spacial score (nSPS) is 12.8. The van der Waals surface area contributed by atoms with Gasteiger partial charge in [0.25, 0.3) is 5.91 Å². The van der Waals surface area contributed by atoms with E-state index in [0.29, 0.717) is 18.7 Å². The van der Waals surface area contributed by atoms with Gasteiger partial charge < -0.3 is 15.4 Å². The van der Waals surface area contributed by atoms with Gasteiger partial charge in [0.1, 0.15) is 0 Å². The van der Waals surface area contributed by atoms with E-state index in [-0.39, 0.29) is 18.4 Å². The predicted molar refractivity (Wildman–Crippen MR) is 75.7 cm³/mol. The maximum Gasteiger partial charge on any atom is 0.251 e. The highest BCUT2D eigenvalue weighted by molar-refractivity contribution is 5.96. The van der Waals surface area contributed by atoms with E-state index >= 15 is 0 Å². The van der Waals surface area contributed by atoms with Crippen molar-refractivity contribution in [3.05, 3.63) is 34.9 Å². The Bertz CT molecular complexity index is 500. The lowest BCUT2D eigenvalue weighted by Gasteiger charge is -2.08. The average molecular weight is 276 g/mol. The van der Waals surface area contributed by atoms with Crippen LogP contribution < -0.4 is 10.6 Å². The fourth-order valence-electron chi connectivity index (χ4n) is 2.33. The van der Waals surface area contributed by atoms with Gasteiger partial charge in [0, 0.05) is 19.2 Å². The summed E-state index contributed by atoms with van der Waals surface area (Å²) in [7, 11) is 1.57. The third-order valence-corrected chi connectivity index (χ3v) is 3.40. The number of benzene rings is 1. The molecule has 0 fully saturated rings. The molecule has 108 valence electrons. The zero-order chi connectivity index (χ0) is 14.4. The van der Waals surface area contributed by atoms with Crippen LogP contribution in [0.1, 0.15) is 27.9 Å². The molecule has 1 aromatic carbocycles. The molecular weight excluding hydrogens is 256 g/mol. The van der Waals surface area contributed by atoms with Gasteiger partial charge in [-0.25, -0.2) is 0 Å². The monoisotopic (exact) mass is 276 g/mol. The van der Waals surface area contributed by atoms with E-state index in [0.717, 1.165) is 19.3 Å². The van der Waals surface area contributed by atoms with E-state index in [1.54, 1.807) is 7.11 Å². The summed E-state index contributed by atoms with van der Waals surface area (Å²) in [5.41, 5.74) is 3.20. The van der Waals surface area contributed by atoms with Crippen molar-refractivity contribution in [2.45, 2.75) is 19.3 Å². The summed E-state index contributed by atoms with van der Waals surface area (Å²) in [5, 5.41) is 5.28. The minimum Gasteiger partial charge on any atom is -0.383 e. The first-order valence-electron chi connectivity index (χ1n) is 6.86. The topological polar surface area (TPSA) is 67.4 Å². The summed E-state index contributed by atoms with van der Waals surface area (Å²) in [6.45, 7) is 0.897. The molecule has 2 N–H and O–H groups in total. The molecule has 0 spiro atoms. The quantitative estimate of drug-likeness (QED) is 0.750. The highest BCUT2D eigenvalue weighted by Gasteiger charge is 2.14. The first-order valence-corrected chi connectivity index (χ1v) is 6.86. The number of fused-ring (bicyclic) bond motifs is 1. The van der Waals surface area contributed by atoms with Crippen LogP contribution in [0, 0.1) is 0 Å². The van der Waals surface area contributed by atoms with Crippen molar-refractivity contribution in [1.29, 1.82) is 0 Å². The first-order chi connectivity index (χ1) is 9.70. The van der Waals surface area contributed by atoms with Gasteiger partial charge in [0.2, 0.25) is 5.91 Å². The summed E-state index contributed by atoms with van der Waals surface area (Å²) in [4.78, 5) is 23.4. The Morgan fingerprint density at radius 2 is 2.00 bits per heavy atom. The summed E-state index contributed by atoms with van der Waals surface area (Å²) in [6.07, 6.45) is 3.29. The summed E-state index contributed by atoms with van der Waals surface area (Å²) in [6, 6.07) is 5.76. The van der Waals surface area contributed by atoms with Crippen molar-refractivity contribution in [2.24, 2.45) is 0 Å². The molecule has 20 heavy (non-hydrogen) atoms. The molecule has 0 saturated heterocycles. The van der Waals surface area contributed by atoms with Crippen molar-refractivity contribution in [2.75, 3.05) is 26.8 Å². The Hall–Kier alpha value is -1.88. The lowest BCUT2D eigenvalue weighted by atomic mass is 10.1. The van der Waals surface area contributed by atoms with Crippen LogP contribution in [0.25, 0.3) is 0 Å². The second-order valence-electron chi connectivity index (χ2n) is 4.86. The molecule has 0 bridgehead atoms. The highest BCUT2D eigenvalue weighted by atomic mass is 16.5. The Morgan fingerprint density at radius 3 is 2.80 bits per heavy atom. The highest BCUT2D eigenvalue weighted by Crippen LogP contribution is 2.22. The maximum absolute atomic E-state index is 12.0. The number of hydrogen-bond acceptors (Lipinski definition) is 3. The number of rotatable bonds is 6. The van der Waals surface area contributed by atoms with Crippen LogP contribution in [0.3, 0.4) is 0 Å². The van der Waals surface area contributed by atoms with Gasteiger partial charge in [0.05, 0.1) is 13.2 Å². The molecule has 0 aromatic heterocycles. The fourth-order valence-corrected chi connectivity index (χ4v) is 2.33. The molecule has 5 heteroatoms. The minimum atomic E-state index is -0.212. The van der Waals surface area contributed by atoms with Crippen LogP contribution in [-0.4, -0.2) is 38.6 Å². The van der Waals surface area contributed by atoms with Gasteiger partial charge in [-0.05, 0) is 42.5 Å². The van der Waals surface area contributed by atoms with Crippen LogP contribution in [0.4, 0.5) is 0 Å². The van der Waals surface area contributed by atoms with Crippen molar-refractivity contribution < 1.29 is 14.3 Å². The number of amides is 2. The van der Waals surface area contributed by atoms with E-state index < -0.39 is 0 Å². The van der Waals surface area contributed by atoms with Crippen LogP contribution in [0.5, 0.6) is 0 Å².